The van der Waals surface area contributed by atoms with Gasteiger partial charge in [-0.15, -0.1) is 0 Å². The number of hydrogen-bond donors (Lipinski definition) is 1. The van der Waals surface area contributed by atoms with Crippen molar-refractivity contribution in [2.24, 2.45) is 0 Å². The maximum atomic E-state index is 12.0. The largest absolute Gasteiger partial charge is 0.479 e. The van der Waals surface area contributed by atoms with Gasteiger partial charge in [-0.25, -0.2) is 13.6 Å². The van der Waals surface area contributed by atoms with Gasteiger partial charge in [-0.3, -0.25) is 0 Å². The molecule has 0 aromatic carbocycles. The molecule has 1 aliphatic carbocycles. The van der Waals surface area contributed by atoms with E-state index >= 15 is 0 Å². The van der Waals surface area contributed by atoms with E-state index in [4.69, 9.17) is 5.11 Å². The van der Waals surface area contributed by atoms with Gasteiger partial charge < -0.3 is 5.11 Å². The van der Waals surface area contributed by atoms with Crippen molar-refractivity contribution >= 4 is 5.97 Å². The molecule has 1 rings (SSSR count). The van der Waals surface area contributed by atoms with Crippen molar-refractivity contribution in [2.75, 3.05) is 0 Å². The highest BCUT2D eigenvalue weighted by Crippen LogP contribution is 2.43. The third-order valence-electron chi connectivity index (χ3n) is 1.17. The van der Waals surface area contributed by atoms with E-state index in [0.717, 1.165) is 0 Å². The van der Waals surface area contributed by atoms with Gasteiger partial charge in [0.1, 0.15) is 6.17 Å². The molecule has 46 valence electrons. The zero-order valence-corrected chi connectivity index (χ0v) is 3.90. The molecule has 1 fully saturated rings. The summed E-state index contributed by atoms with van der Waals surface area (Å²) >= 11 is 0. The summed E-state index contributed by atoms with van der Waals surface area (Å²) in [6.07, 6.45) is -2.26. The average molecular weight is 122 g/mol. The summed E-state index contributed by atoms with van der Waals surface area (Å²) in [5.74, 6) is -1.69. The SMILES string of the molecule is O=C(O)C1(F)CC1F. The molecule has 4 heteroatoms. The van der Waals surface area contributed by atoms with Gasteiger partial charge in [0.25, 0.3) is 0 Å². The van der Waals surface area contributed by atoms with Gasteiger partial charge in [-0.05, 0) is 0 Å². The highest BCUT2D eigenvalue weighted by molar-refractivity contribution is 5.82. The van der Waals surface area contributed by atoms with Gasteiger partial charge in [0.2, 0.25) is 5.67 Å². The molecule has 1 saturated carbocycles. The standard InChI is InChI=1S/C4H4F2O2/c5-2-1-4(2,6)3(7)8/h2H,1H2,(H,7,8). The van der Waals surface area contributed by atoms with Crippen LogP contribution in [0.2, 0.25) is 0 Å². The molecule has 0 aliphatic heterocycles. The quantitative estimate of drug-likeness (QED) is 0.550. The van der Waals surface area contributed by atoms with Crippen molar-refractivity contribution in [1.29, 1.82) is 0 Å². The molecule has 8 heavy (non-hydrogen) atoms. The fourth-order valence-electron chi connectivity index (χ4n) is 0.423. The molecular weight excluding hydrogens is 118 g/mol. The molecule has 1 N–H and O–H groups in total. The normalized spacial score (nSPS) is 44.0. The first-order valence-electron chi connectivity index (χ1n) is 2.14. The first-order chi connectivity index (χ1) is 3.57. The van der Waals surface area contributed by atoms with Gasteiger partial charge in [-0.2, -0.15) is 0 Å². The smallest absolute Gasteiger partial charge is 0.344 e. The maximum Gasteiger partial charge on any atom is 0.344 e. The summed E-state index contributed by atoms with van der Waals surface area (Å²) in [6, 6.07) is 0. The fourth-order valence-corrected chi connectivity index (χ4v) is 0.423. The van der Waals surface area contributed by atoms with Crippen LogP contribution in [0.1, 0.15) is 6.42 Å². The number of aliphatic carboxylic acids is 1. The lowest BCUT2D eigenvalue weighted by Crippen LogP contribution is -2.18. The van der Waals surface area contributed by atoms with Gasteiger partial charge in [-0.1, -0.05) is 0 Å². The Kier molecular flexibility index (Phi) is 0.808. The molecular formula is C4H4F2O2. The molecule has 0 radical (unpaired) electrons. The van der Waals surface area contributed by atoms with Crippen LogP contribution in [0.3, 0.4) is 0 Å². The molecule has 2 unspecified atom stereocenters. The Balaban J connectivity index is 2.60. The third kappa shape index (κ3) is 0.487. The Morgan fingerprint density at radius 1 is 1.88 bits per heavy atom. The molecule has 0 spiro atoms. The van der Waals surface area contributed by atoms with Crippen LogP contribution in [0.15, 0.2) is 0 Å². The fraction of sp³-hybridized carbons (Fsp3) is 0.750. The number of carboxylic acid groups (broad SMARTS) is 1. The lowest BCUT2D eigenvalue weighted by atomic mass is 10.4. The van der Waals surface area contributed by atoms with E-state index in [1.54, 1.807) is 0 Å². The number of hydrogen-bond acceptors (Lipinski definition) is 1. The number of carboxylic acids is 1. The third-order valence-corrected chi connectivity index (χ3v) is 1.17. The highest BCUT2D eigenvalue weighted by atomic mass is 19.2. The molecule has 2 nitrogen and oxygen atoms in total. The zero-order valence-electron chi connectivity index (χ0n) is 3.90. The zero-order chi connectivity index (χ0) is 6.36. The molecule has 0 heterocycles. The van der Waals surface area contributed by atoms with Crippen molar-refractivity contribution in [3.63, 3.8) is 0 Å². The van der Waals surface area contributed by atoms with Crippen LogP contribution in [-0.2, 0) is 4.79 Å². The van der Waals surface area contributed by atoms with Crippen LogP contribution in [0.5, 0.6) is 0 Å². The molecule has 0 saturated heterocycles. The van der Waals surface area contributed by atoms with Crippen LogP contribution >= 0.6 is 0 Å². The van der Waals surface area contributed by atoms with Crippen molar-refractivity contribution in [3.05, 3.63) is 0 Å². The van der Waals surface area contributed by atoms with Crippen molar-refractivity contribution in [2.45, 2.75) is 18.3 Å². The lowest BCUT2D eigenvalue weighted by Gasteiger charge is -1.91. The van der Waals surface area contributed by atoms with Crippen LogP contribution in [0.4, 0.5) is 8.78 Å². The van der Waals surface area contributed by atoms with Crippen molar-refractivity contribution < 1.29 is 18.7 Å². The summed E-state index contributed by atoms with van der Waals surface area (Å²) in [4.78, 5) is 9.68. The summed E-state index contributed by atoms with van der Waals surface area (Å²) < 4.78 is 23.7. The summed E-state index contributed by atoms with van der Waals surface area (Å²) in [6.45, 7) is 0. The molecule has 0 bridgehead atoms. The number of rotatable bonds is 1. The second kappa shape index (κ2) is 1.18. The van der Waals surface area contributed by atoms with Crippen LogP contribution < -0.4 is 0 Å². The lowest BCUT2D eigenvalue weighted by molar-refractivity contribution is -0.145. The van der Waals surface area contributed by atoms with E-state index in [9.17, 15) is 13.6 Å². The van der Waals surface area contributed by atoms with E-state index in [-0.39, 0.29) is 0 Å². The molecule has 0 amide bonds. The predicted octanol–water partition coefficient (Wildman–Crippen LogP) is 0.521. The highest BCUT2D eigenvalue weighted by Gasteiger charge is 2.63. The Hall–Kier alpha value is -0.670. The molecule has 0 aromatic heterocycles. The average Bonchev–Trinajstić information content (AvgIpc) is 2.17. The summed E-state index contributed by atoms with van der Waals surface area (Å²) in [7, 11) is 0. The van der Waals surface area contributed by atoms with E-state index in [0.29, 0.717) is 0 Å². The van der Waals surface area contributed by atoms with Crippen LogP contribution in [-0.4, -0.2) is 22.9 Å². The minimum Gasteiger partial charge on any atom is -0.479 e. The van der Waals surface area contributed by atoms with E-state index in [1.807, 2.05) is 0 Å². The number of alkyl halides is 2. The summed E-state index contributed by atoms with van der Waals surface area (Å²) in [5.41, 5.74) is -2.54. The monoisotopic (exact) mass is 122 g/mol. The minimum absolute atomic E-state index is 0.484. The first-order valence-corrected chi connectivity index (χ1v) is 2.14. The van der Waals surface area contributed by atoms with E-state index in [2.05, 4.69) is 0 Å². The van der Waals surface area contributed by atoms with Crippen molar-refractivity contribution in [1.82, 2.24) is 0 Å². The van der Waals surface area contributed by atoms with Crippen molar-refractivity contribution in [3.8, 4) is 0 Å². The van der Waals surface area contributed by atoms with Gasteiger partial charge >= 0.3 is 5.97 Å². The Labute approximate surface area is 44.1 Å². The maximum absolute atomic E-state index is 12.0. The first kappa shape index (κ1) is 5.47. The number of carbonyl (C=O) groups is 1. The second-order valence-electron chi connectivity index (χ2n) is 1.84. The molecule has 2 atom stereocenters. The van der Waals surface area contributed by atoms with Gasteiger partial charge in [0, 0.05) is 6.42 Å². The minimum atomic E-state index is -2.54. The van der Waals surface area contributed by atoms with Crippen LogP contribution in [0, 0.1) is 0 Å². The second-order valence-corrected chi connectivity index (χ2v) is 1.84. The predicted molar refractivity (Wildman–Crippen MR) is 21.0 cm³/mol. The van der Waals surface area contributed by atoms with Gasteiger partial charge in [0.15, 0.2) is 0 Å². The Morgan fingerprint density at radius 2 is 2.25 bits per heavy atom. The number of halogens is 2. The van der Waals surface area contributed by atoms with Crippen LogP contribution in [0.25, 0.3) is 0 Å². The molecule has 1 aliphatic rings. The summed E-state index contributed by atoms with van der Waals surface area (Å²) in [5, 5.41) is 7.87. The van der Waals surface area contributed by atoms with Gasteiger partial charge in [0.05, 0.1) is 0 Å². The van der Waals surface area contributed by atoms with E-state index < -0.39 is 24.2 Å². The topological polar surface area (TPSA) is 37.3 Å². The van der Waals surface area contributed by atoms with E-state index in [1.165, 1.54) is 0 Å². The molecule has 0 aromatic rings. The Morgan fingerprint density at radius 3 is 2.25 bits per heavy atom. The Bertz CT molecular complexity index is 136.